The van der Waals surface area contributed by atoms with E-state index in [1.54, 1.807) is 42.5 Å². The number of nitrogens with zero attached hydrogens (tertiary/aromatic N) is 1. The Hall–Kier alpha value is -4.46. The minimum Gasteiger partial charge on any atom is -0.478 e. The third-order valence-corrected chi connectivity index (χ3v) is 4.70. The summed E-state index contributed by atoms with van der Waals surface area (Å²) < 4.78 is 5.67. The molecule has 2 heterocycles. The zero-order chi connectivity index (χ0) is 22.1. The van der Waals surface area contributed by atoms with Crippen LogP contribution in [0, 0.1) is 6.92 Å². The van der Waals surface area contributed by atoms with Crippen LogP contribution in [0.3, 0.4) is 0 Å². The van der Waals surface area contributed by atoms with Gasteiger partial charge in [0.2, 0.25) is 0 Å². The van der Waals surface area contributed by atoms with Gasteiger partial charge >= 0.3 is 12.0 Å². The van der Waals surface area contributed by atoms with Crippen molar-refractivity contribution >= 4 is 35.6 Å². The van der Waals surface area contributed by atoms with Crippen molar-refractivity contribution in [3.05, 3.63) is 83.1 Å². The first-order valence-electron chi connectivity index (χ1n) is 9.26. The number of amides is 4. The number of urea groups is 1. The predicted octanol–water partition coefficient (Wildman–Crippen LogP) is 3.62. The summed E-state index contributed by atoms with van der Waals surface area (Å²) in [5, 5.41) is 11.5. The molecule has 0 unspecified atom stereocenters. The first kappa shape index (κ1) is 19.8. The van der Waals surface area contributed by atoms with E-state index in [1.165, 1.54) is 18.2 Å². The number of benzene rings is 2. The summed E-state index contributed by atoms with van der Waals surface area (Å²) in [4.78, 5) is 49.9. The van der Waals surface area contributed by atoms with Crippen molar-refractivity contribution in [1.29, 1.82) is 0 Å². The molecule has 0 bridgehead atoms. The van der Waals surface area contributed by atoms with Crippen molar-refractivity contribution in [1.82, 2.24) is 5.32 Å². The highest BCUT2D eigenvalue weighted by atomic mass is 16.4. The van der Waals surface area contributed by atoms with Gasteiger partial charge in [0, 0.05) is 5.56 Å². The largest absolute Gasteiger partial charge is 0.478 e. The van der Waals surface area contributed by atoms with E-state index in [9.17, 15) is 24.3 Å². The van der Waals surface area contributed by atoms with Crippen LogP contribution in [-0.2, 0) is 9.59 Å². The molecule has 1 fully saturated rings. The molecule has 8 nitrogen and oxygen atoms in total. The Labute approximate surface area is 176 Å². The van der Waals surface area contributed by atoms with Crippen LogP contribution in [0.15, 0.2) is 70.7 Å². The summed E-state index contributed by atoms with van der Waals surface area (Å²) in [6.45, 7) is 1.82. The molecule has 1 aromatic heterocycles. The van der Waals surface area contributed by atoms with Gasteiger partial charge in [-0.1, -0.05) is 30.3 Å². The fourth-order valence-electron chi connectivity index (χ4n) is 3.26. The quantitative estimate of drug-likeness (QED) is 0.496. The average molecular weight is 416 g/mol. The molecular weight excluding hydrogens is 400 g/mol. The van der Waals surface area contributed by atoms with Gasteiger partial charge < -0.3 is 9.52 Å². The molecule has 1 aliphatic heterocycles. The molecule has 4 amide bonds. The third kappa shape index (κ3) is 3.74. The maximum Gasteiger partial charge on any atom is 0.336 e. The lowest BCUT2D eigenvalue weighted by molar-refractivity contribution is -0.122. The van der Waals surface area contributed by atoms with Gasteiger partial charge in [-0.15, -0.1) is 0 Å². The van der Waals surface area contributed by atoms with Crippen LogP contribution in [0.25, 0.3) is 17.4 Å². The van der Waals surface area contributed by atoms with Crippen molar-refractivity contribution < 1.29 is 28.7 Å². The number of carbonyl (C=O) groups is 4. The summed E-state index contributed by atoms with van der Waals surface area (Å²) in [5.74, 6) is -2.32. The molecule has 0 aliphatic carbocycles. The molecule has 2 aromatic carbocycles. The van der Waals surface area contributed by atoms with Crippen molar-refractivity contribution in [2.45, 2.75) is 6.92 Å². The molecule has 8 heteroatoms. The minimum absolute atomic E-state index is 0.0544. The number of hydrogen-bond donors (Lipinski definition) is 2. The van der Waals surface area contributed by atoms with Gasteiger partial charge in [0.05, 0.1) is 11.3 Å². The second-order valence-electron chi connectivity index (χ2n) is 6.85. The Morgan fingerprint density at radius 3 is 2.55 bits per heavy atom. The van der Waals surface area contributed by atoms with Crippen LogP contribution in [-0.4, -0.2) is 28.9 Å². The molecule has 3 aromatic rings. The summed E-state index contributed by atoms with van der Waals surface area (Å²) in [6, 6.07) is 15.3. The number of carboxylic acid groups (broad SMARTS) is 1. The van der Waals surface area contributed by atoms with Gasteiger partial charge in [0.15, 0.2) is 0 Å². The molecule has 31 heavy (non-hydrogen) atoms. The number of imide groups is 2. The Kier molecular flexibility index (Phi) is 4.96. The highest BCUT2D eigenvalue weighted by Gasteiger charge is 2.37. The van der Waals surface area contributed by atoms with Crippen LogP contribution in [0.4, 0.5) is 10.5 Å². The van der Waals surface area contributed by atoms with E-state index in [1.807, 2.05) is 13.0 Å². The molecule has 154 valence electrons. The first-order chi connectivity index (χ1) is 14.8. The fraction of sp³-hybridized carbons (Fsp3) is 0.0435. The van der Waals surface area contributed by atoms with E-state index >= 15 is 0 Å². The van der Waals surface area contributed by atoms with Crippen LogP contribution in [0.5, 0.6) is 0 Å². The number of aromatic carboxylic acids is 1. The van der Waals surface area contributed by atoms with Gasteiger partial charge in [0.25, 0.3) is 11.8 Å². The number of hydrogen-bond acceptors (Lipinski definition) is 5. The molecule has 4 rings (SSSR count). The summed E-state index contributed by atoms with van der Waals surface area (Å²) in [5.41, 5.74) is 1.30. The fourth-order valence-corrected chi connectivity index (χ4v) is 3.26. The number of carbonyl (C=O) groups excluding carboxylic acids is 3. The van der Waals surface area contributed by atoms with E-state index in [0.29, 0.717) is 11.3 Å². The minimum atomic E-state index is -1.11. The third-order valence-electron chi connectivity index (χ3n) is 4.70. The second-order valence-corrected chi connectivity index (χ2v) is 6.85. The van der Waals surface area contributed by atoms with E-state index < -0.39 is 23.8 Å². The molecule has 1 saturated heterocycles. The van der Waals surface area contributed by atoms with E-state index in [-0.39, 0.29) is 22.7 Å². The van der Waals surface area contributed by atoms with Crippen molar-refractivity contribution in [2.75, 3.05) is 4.90 Å². The highest BCUT2D eigenvalue weighted by molar-refractivity contribution is 6.39. The second kappa shape index (κ2) is 7.75. The van der Waals surface area contributed by atoms with Crippen molar-refractivity contribution in [3.8, 4) is 11.3 Å². The van der Waals surface area contributed by atoms with Gasteiger partial charge in [-0.2, -0.15) is 0 Å². The smallest absolute Gasteiger partial charge is 0.336 e. The molecular formula is C23H16N2O6. The molecule has 0 radical (unpaired) electrons. The number of furan rings is 1. The normalized spacial score (nSPS) is 15.3. The van der Waals surface area contributed by atoms with Gasteiger partial charge in [-0.3, -0.25) is 14.9 Å². The maximum absolute atomic E-state index is 12.9. The summed E-state index contributed by atoms with van der Waals surface area (Å²) in [7, 11) is 0. The van der Waals surface area contributed by atoms with Crippen LogP contribution >= 0.6 is 0 Å². The van der Waals surface area contributed by atoms with E-state index in [2.05, 4.69) is 5.32 Å². The van der Waals surface area contributed by atoms with Gasteiger partial charge in [-0.05, 0) is 48.9 Å². The summed E-state index contributed by atoms with van der Waals surface area (Å²) in [6.07, 6.45) is 1.22. The Balaban J connectivity index is 1.70. The Morgan fingerprint density at radius 2 is 1.81 bits per heavy atom. The lowest BCUT2D eigenvalue weighted by atomic mass is 10.1. The molecule has 0 spiro atoms. The van der Waals surface area contributed by atoms with Gasteiger partial charge in [0.1, 0.15) is 17.1 Å². The molecule has 2 N–H and O–H groups in total. The molecule has 0 saturated carbocycles. The Morgan fingerprint density at radius 1 is 1.03 bits per heavy atom. The molecule has 0 atom stereocenters. The number of nitrogens with one attached hydrogen (secondary N) is 1. The highest BCUT2D eigenvalue weighted by Crippen LogP contribution is 2.28. The SMILES string of the molecule is Cc1cccc(N2C(=O)NC(=O)C(=Cc3ccc(-c4ccccc4C(=O)O)o3)C2=O)c1. The predicted molar refractivity (Wildman–Crippen MR) is 111 cm³/mol. The number of rotatable bonds is 4. The topological polar surface area (TPSA) is 117 Å². The van der Waals surface area contributed by atoms with Gasteiger partial charge in [-0.25, -0.2) is 14.5 Å². The number of barbiturate groups is 1. The van der Waals surface area contributed by atoms with Crippen molar-refractivity contribution in [2.24, 2.45) is 0 Å². The summed E-state index contributed by atoms with van der Waals surface area (Å²) >= 11 is 0. The molecule has 1 aliphatic rings. The average Bonchev–Trinajstić information content (AvgIpc) is 3.19. The zero-order valence-corrected chi connectivity index (χ0v) is 16.3. The van der Waals surface area contributed by atoms with Crippen LogP contribution in [0.2, 0.25) is 0 Å². The first-order valence-corrected chi connectivity index (χ1v) is 9.26. The van der Waals surface area contributed by atoms with E-state index in [0.717, 1.165) is 10.5 Å². The zero-order valence-electron chi connectivity index (χ0n) is 16.3. The lowest BCUT2D eigenvalue weighted by Crippen LogP contribution is -2.54. The van der Waals surface area contributed by atoms with Crippen molar-refractivity contribution in [3.63, 3.8) is 0 Å². The monoisotopic (exact) mass is 416 g/mol. The van der Waals surface area contributed by atoms with Crippen LogP contribution < -0.4 is 10.2 Å². The number of carboxylic acids is 1. The number of aryl methyl sites for hydroxylation is 1. The lowest BCUT2D eigenvalue weighted by Gasteiger charge is -2.26. The Bertz CT molecular complexity index is 1270. The maximum atomic E-state index is 12.9. The van der Waals surface area contributed by atoms with Crippen LogP contribution in [0.1, 0.15) is 21.7 Å². The standard InChI is InChI=1S/C23H16N2O6/c1-13-5-4-6-14(11-13)25-21(27)18(20(26)24-23(25)30)12-15-9-10-19(31-15)16-7-2-3-8-17(16)22(28)29/h2-12H,1H3,(H,28,29)(H,24,26,30). The van der Waals surface area contributed by atoms with E-state index in [4.69, 9.17) is 4.42 Å². The number of anilines is 1.